The molecule has 0 unspecified atom stereocenters. The summed E-state index contributed by atoms with van der Waals surface area (Å²) >= 11 is 0. The standard InChI is InChI=1S/C26H24N2O3/c1-18(20-13-7-4-8-14-20)27(2)26(31)23(17-19-11-5-3-6-12-19)28-24(29)21-15-9-10-16-22(21)25(28)30/h3-16,18,23H,17H2,1-2H3/t18-,23-/m0/s1. The van der Waals surface area contributed by atoms with Crippen LogP contribution in [0.1, 0.15) is 44.8 Å². The Bertz CT molecular complexity index is 1080. The zero-order chi connectivity index (χ0) is 22.0. The van der Waals surface area contributed by atoms with E-state index in [1.54, 1.807) is 36.2 Å². The smallest absolute Gasteiger partial charge is 0.262 e. The average Bonchev–Trinajstić information content (AvgIpc) is 3.07. The Labute approximate surface area is 181 Å². The molecule has 0 saturated carbocycles. The van der Waals surface area contributed by atoms with Crippen LogP contribution in [0.5, 0.6) is 0 Å². The molecule has 0 fully saturated rings. The van der Waals surface area contributed by atoms with Crippen LogP contribution in [0.2, 0.25) is 0 Å². The summed E-state index contributed by atoms with van der Waals surface area (Å²) in [6, 6.07) is 24.8. The van der Waals surface area contributed by atoms with Gasteiger partial charge in [-0.25, -0.2) is 0 Å². The highest BCUT2D eigenvalue weighted by molar-refractivity contribution is 6.22. The van der Waals surface area contributed by atoms with E-state index in [0.717, 1.165) is 16.0 Å². The molecule has 1 aliphatic rings. The van der Waals surface area contributed by atoms with Crippen LogP contribution in [-0.2, 0) is 11.2 Å². The molecular formula is C26H24N2O3. The van der Waals surface area contributed by atoms with Crippen molar-refractivity contribution in [2.75, 3.05) is 7.05 Å². The molecule has 3 amide bonds. The minimum Gasteiger partial charge on any atom is -0.337 e. The van der Waals surface area contributed by atoms with Crippen molar-refractivity contribution in [1.82, 2.24) is 9.80 Å². The van der Waals surface area contributed by atoms with Gasteiger partial charge in [0.05, 0.1) is 17.2 Å². The molecule has 3 aromatic carbocycles. The van der Waals surface area contributed by atoms with Crippen molar-refractivity contribution in [2.45, 2.75) is 25.4 Å². The summed E-state index contributed by atoms with van der Waals surface area (Å²) in [4.78, 5) is 42.7. The maximum absolute atomic E-state index is 13.7. The van der Waals surface area contributed by atoms with Crippen molar-refractivity contribution in [3.63, 3.8) is 0 Å². The molecule has 0 spiro atoms. The van der Waals surface area contributed by atoms with Gasteiger partial charge in [0.2, 0.25) is 5.91 Å². The predicted octanol–water partition coefficient (Wildman–Crippen LogP) is 4.11. The molecule has 0 bridgehead atoms. The zero-order valence-corrected chi connectivity index (χ0v) is 17.6. The molecule has 156 valence electrons. The molecular weight excluding hydrogens is 388 g/mol. The third-order valence-corrected chi connectivity index (χ3v) is 5.90. The van der Waals surface area contributed by atoms with Crippen molar-refractivity contribution in [1.29, 1.82) is 0 Å². The number of carbonyl (C=O) groups excluding carboxylic acids is 3. The molecule has 5 heteroatoms. The normalized spacial score (nSPS) is 14.8. The average molecular weight is 412 g/mol. The minimum atomic E-state index is -0.925. The van der Waals surface area contributed by atoms with Crippen molar-refractivity contribution in [2.24, 2.45) is 0 Å². The number of hydrogen-bond donors (Lipinski definition) is 0. The lowest BCUT2D eigenvalue weighted by molar-refractivity contribution is -0.136. The first-order chi connectivity index (χ1) is 15.0. The van der Waals surface area contributed by atoms with Gasteiger partial charge in [-0.1, -0.05) is 72.8 Å². The molecule has 4 rings (SSSR count). The van der Waals surface area contributed by atoms with Gasteiger partial charge in [-0.05, 0) is 30.2 Å². The quantitative estimate of drug-likeness (QED) is 0.573. The summed E-state index contributed by atoms with van der Waals surface area (Å²) in [6.07, 6.45) is 0.261. The summed E-state index contributed by atoms with van der Waals surface area (Å²) in [5.74, 6) is -1.11. The second-order valence-electron chi connectivity index (χ2n) is 7.77. The number of benzene rings is 3. The Morgan fingerprint density at radius 3 is 1.84 bits per heavy atom. The molecule has 31 heavy (non-hydrogen) atoms. The number of amides is 3. The lowest BCUT2D eigenvalue weighted by Gasteiger charge is -2.33. The number of rotatable bonds is 6. The van der Waals surface area contributed by atoms with Gasteiger partial charge < -0.3 is 4.90 Å². The van der Waals surface area contributed by atoms with E-state index in [9.17, 15) is 14.4 Å². The molecule has 0 aromatic heterocycles. The molecule has 0 saturated heterocycles. The third-order valence-electron chi connectivity index (χ3n) is 5.90. The molecule has 0 N–H and O–H groups in total. The van der Waals surface area contributed by atoms with Crippen LogP contribution in [0.3, 0.4) is 0 Å². The van der Waals surface area contributed by atoms with Gasteiger partial charge >= 0.3 is 0 Å². The van der Waals surface area contributed by atoms with Gasteiger partial charge in [-0.2, -0.15) is 0 Å². The Hall–Kier alpha value is -3.73. The van der Waals surface area contributed by atoms with Crippen molar-refractivity contribution >= 4 is 17.7 Å². The fourth-order valence-electron chi connectivity index (χ4n) is 4.00. The Kier molecular flexibility index (Phi) is 5.67. The fraction of sp³-hybridized carbons (Fsp3) is 0.192. The molecule has 2 atom stereocenters. The number of imide groups is 1. The Balaban J connectivity index is 1.69. The number of carbonyl (C=O) groups is 3. The van der Waals surface area contributed by atoms with E-state index in [1.807, 2.05) is 67.6 Å². The third kappa shape index (κ3) is 3.87. The lowest BCUT2D eigenvalue weighted by Crippen LogP contribution is -2.51. The number of likely N-dealkylation sites (N-methyl/N-ethyl adjacent to an activating group) is 1. The topological polar surface area (TPSA) is 57.7 Å². The van der Waals surface area contributed by atoms with E-state index in [1.165, 1.54) is 0 Å². The van der Waals surface area contributed by atoms with Gasteiger partial charge in [0.25, 0.3) is 11.8 Å². The largest absolute Gasteiger partial charge is 0.337 e. The first-order valence-corrected chi connectivity index (χ1v) is 10.3. The van der Waals surface area contributed by atoms with E-state index in [-0.39, 0.29) is 18.4 Å². The highest BCUT2D eigenvalue weighted by atomic mass is 16.2. The second kappa shape index (κ2) is 8.56. The zero-order valence-electron chi connectivity index (χ0n) is 17.6. The van der Waals surface area contributed by atoms with E-state index in [2.05, 4.69) is 0 Å². The number of fused-ring (bicyclic) bond motifs is 1. The summed E-state index contributed by atoms with van der Waals surface area (Å²) < 4.78 is 0. The summed E-state index contributed by atoms with van der Waals surface area (Å²) in [5, 5.41) is 0. The van der Waals surface area contributed by atoms with Crippen LogP contribution in [0.25, 0.3) is 0 Å². The molecule has 0 radical (unpaired) electrons. The molecule has 1 aliphatic heterocycles. The molecule has 3 aromatic rings. The van der Waals surface area contributed by atoms with E-state index in [4.69, 9.17) is 0 Å². The van der Waals surface area contributed by atoms with Crippen LogP contribution in [0.4, 0.5) is 0 Å². The first-order valence-electron chi connectivity index (χ1n) is 10.3. The van der Waals surface area contributed by atoms with E-state index < -0.39 is 17.9 Å². The second-order valence-corrected chi connectivity index (χ2v) is 7.77. The molecule has 5 nitrogen and oxygen atoms in total. The van der Waals surface area contributed by atoms with E-state index in [0.29, 0.717) is 11.1 Å². The number of hydrogen-bond acceptors (Lipinski definition) is 3. The van der Waals surface area contributed by atoms with Gasteiger partial charge in [-0.3, -0.25) is 19.3 Å². The summed E-state index contributed by atoms with van der Waals surface area (Å²) in [6.45, 7) is 1.94. The minimum absolute atomic E-state index is 0.206. The highest BCUT2D eigenvalue weighted by Gasteiger charge is 2.43. The fourth-order valence-corrected chi connectivity index (χ4v) is 4.00. The van der Waals surface area contributed by atoms with Gasteiger partial charge in [0.15, 0.2) is 0 Å². The monoisotopic (exact) mass is 412 g/mol. The molecule has 1 heterocycles. The maximum atomic E-state index is 13.7. The van der Waals surface area contributed by atoms with E-state index >= 15 is 0 Å². The van der Waals surface area contributed by atoms with Gasteiger partial charge in [0.1, 0.15) is 6.04 Å². The van der Waals surface area contributed by atoms with Crippen LogP contribution in [0, 0.1) is 0 Å². The van der Waals surface area contributed by atoms with Crippen molar-refractivity contribution in [3.05, 3.63) is 107 Å². The Morgan fingerprint density at radius 2 is 1.29 bits per heavy atom. The lowest BCUT2D eigenvalue weighted by atomic mass is 10.0. The highest BCUT2D eigenvalue weighted by Crippen LogP contribution is 2.28. The van der Waals surface area contributed by atoms with Crippen LogP contribution in [0.15, 0.2) is 84.9 Å². The van der Waals surface area contributed by atoms with Crippen molar-refractivity contribution in [3.8, 4) is 0 Å². The van der Waals surface area contributed by atoms with Crippen molar-refractivity contribution < 1.29 is 14.4 Å². The van der Waals surface area contributed by atoms with Crippen LogP contribution >= 0.6 is 0 Å². The van der Waals surface area contributed by atoms with Crippen LogP contribution < -0.4 is 0 Å². The SMILES string of the molecule is C[C@@H](c1ccccc1)N(C)C(=O)[C@H](Cc1ccccc1)N1C(=O)c2ccccc2C1=O. The summed E-state index contributed by atoms with van der Waals surface area (Å²) in [7, 11) is 1.72. The van der Waals surface area contributed by atoms with Gasteiger partial charge in [0, 0.05) is 13.5 Å². The Morgan fingerprint density at radius 1 is 0.806 bits per heavy atom. The number of nitrogens with zero attached hydrogens (tertiary/aromatic N) is 2. The van der Waals surface area contributed by atoms with Gasteiger partial charge in [-0.15, -0.1) is 0 Å². The van der Waals surface area contributed by atoms with Crippen LogP contribution in [-0.4, -0.2) is 40.6 Å². The molecule has 0 aliphatic carbocycles. The summed E-state index contributed by atoms with van der Waals surface area (Å²) in [5.41, 5.74) is 2.56. The maximum Gasteiger partial charge on any atom is 0.262 e. The predicted molar refractivity (Wildman–Crippen MR) is 119 cm³/mol. The first kappa shape index (κ1) is 20.5.